The second-order valence-corrected chi connectivity index (χ2v) is 7.05. The van der Waals surface area contributed by atoms with Gasteiger partial charge in [0.05, 0.1) is 18.3 Å². The lowest BCUT2D eigenvalue weighted by molar-refractivity contribution is -0.121. The highest BCUT2D eigenvalue weighted by Crippen LogP contribution is 2.16. The first-order chi connectivity index (χ1) is 13.5. The molecule has 2 aromatic carbocycles. The fourth-order valence-electron chi connectivity index (χ4n) is 2.83. The number of rotatable bonds is 7. The first-order valence-corrected chi connectivity index (χ1v) is 9.41. The molecule has 0 aliphatic heterocycles. The average Bonchev–Trinajstić information content (AvgIpc) is 3.10. The third-order valence-electron chi connectivity index (χ3n) is 4.43. The maximum Gasteiger partial charge on any atom is 0.241 e. The molecule has 0 unspecified atom stereocenters. The quantitative estimate of drug-likeness (QED) is 0.498. The van der Waals surface area contributed by atoms with Crippen molar-refractivity contribution in [2.24, 2.45) is 5.10 Å². The Morgan fingerprint density at radius 2 is 1.93 bits per heavy atom. The molecule has 144 valence electrons. The van der Waals surface area contributed by atoms with Crippen molar-refractivity contribution in [2.75, 3.05) is 0 Å². The van der Waals surface area contributed by atoms with E-state index in [2.05, 4.69) is 59.0 Å². The fraction of sp³-hybridized carbons (Fsp3) is 0.273. The van der Waals surface area contributed by atoms with E-state index in [0.717, 1.165) is 22.2 Å². The van der Waals surface area contributed by atoms with Gasteiger partial charge in [0, 0.05) is 6.42 Å². The van der Waals surface area contributed by atoms with Crippen molar-refractivity contribution < 1.29 is 4.79 Å². The van der Waals surface area contributed by atoms with Crippen molar-refractivity contribution in [3.63, 3.8) is 0 Å². The van der Waals surface area contributed by atoms with E-state index in [-0.39, 0.29) is 12.3 Å². The lowest BCUT2D eigenvalue weighted by Gasteiger charge is -2.05. The van der Waals surface area contributed by atoms with Crippen LogP contribution in [0.3, 0.4) is 0 Å². The summed E-state index contributed by atoms with van der Waals surface area (Å²) in [6, 6.07) is 16.1. The normalized spacial score (nSPS) is 12.2. The molecule has 0 aliphatic carbocycles. The molecule has 6 heteroatoms. The number of nitrogens with one attached hydrogen (secondary N) is 1. The van der Waals surface area contributed by atoms with Crippen molar-refractivity contribution >= 4 is 29.2 Å². The fourth-order valence-corrected chi connectivity index (χ4v) is 2.83. The Bertz CT molecular complexity index is 999. The molecule has 0 saturated heterocycles. The third kappa shape index (κ3) is 5.13. The molecule has 0 fully saturated rings. The van der Waals surface area contributed by atoms with Crippen molar-refractivity contribution in [3.05, 3.63) is 65.2 Å². The van der Waals surface area contributed by atoms with Crippen molar-refractivity contribution in [1.29, 1.82) is 0 Å². The summed E-state index contributed by atoms with van der Waals surface area (Å²) < 4.78 is 1.73. The Balaban J connectivity index is 1.50. The number of nitrogens with zero attached hydrogens (tertiary/aromatic N) is 4. The molecule has 1 heterocycles. The zero-order valence-corrected chi connectivity index (χ0v) is 16.5. The number of hydrazone groups is 1. The molecule has 0 spiro atoms. The SMILES string of the molecule is CC(C=NNC(=O)CCn1nnc2ccccc21)=Cc1ccc(C(C)C)cc1. The maximum atomic E-state index is 12.0. The van der Waals surface area contributed by atoms with E-state index in [1.165, 1.54) is 5.56 Å². The first kappa shape index (κ1) is 19.5. The summed E-state index contributed by atoms with van der Waals surface area (Å²) in [4.78, 5) is 12.0. The van der Waals surface area contributed by atoms with Crippen LogP contribution in [0.4, 0.5) is 0 Å². The minimum Gasteiger partial charge on any atom is -0.273 e. The van der Waals surface area contributed by atoms with Gasteiger partial charge in [-0.25, -0.2) is 10.1 Å². The maximum absolute atomic E-state index is 12.0. The molecule has 0 saturated carbocycles. The number of aromatic nitrogens is 3. The van der Waals surface area contributed by atoms with E-state index < -0.39 is 0 Å². The molecule has 3 aromatic rings. The van der Waals surface area contributed by atoms with E-state index >= 15 is 0 Å². The van der Waals surface area contributed by atoms with Gasteiger partial charge in [0.2, 0.25) is 5.91 Å². The van der Waals surface area contributed by atoms with Crippen LogP contribution in [0.25, 0.3) is 17.1 Å². The molecule has 0 atom stereocenters. The molecular formula is C22H25N5O. The molecule has 0 aliphatic rings. The van der Waals surface area contributed by atoms with Gasteiger partial charge in [-0.2, -0.15) is 5.10 Å². The van der Waals surface area contributed by atoms with Crippen molar-refractivity contribution in [2.45, 2.75) is 39.7 Å². The summed E-state index contributed by atoms with van der Waals surface area (Å²) in [5.74, 6) is 0.358. The van der Waals surface area contributed by atoms with Crippen LogP contribution < -0.4 is 5.43 Å². The van der Waals surface area contributed by atoms with Gasteiger partial charge in [-0.15, -0.1) is 5.10 Å². The Hall–Kier alpha value is -3.28. The summed E-state index contributed by atoms with van der Waals surface area (Å²) >= 11 is 0. The van der Waals surface area contributed by atoms with E-state index in [9.17, 15) is 4.79 Å². The summed E-state index contributed by atoms with van der Waals surface area (Å²) in [5, 5.41) is 12.2. The molecule has 1 amide bonds. The molecule has 1 N–H and O–H groups in total. The molecule has 28 heavy (non-hydrogen) atoms. The lowest BCUT2D eigenvalue weighted by atomic mass is 10.0. The van der Waals surface area contributed by atoms with Gasteiger partial charge in [0.15, 0.2) is 0 Å². The number of hydrogen-bond donors (Lipinski definition) is 1. The first-order valence-electron chi connectivity index (χ1n) is 9.41. The monoisotopic (exact) mass is 375 g/mol. The third-order valence-corrected chi connectivity index (χ3v) is 4.43. The van der Waals surface area contributed by atoms with Gasteiger partial charge in [-0.05, 0) is 41.7 Å². The Labute approximate surface area is 165 Å². The largest absolute Gasteiger partial charge is 0.273 e. The zero-order valence-electron chi connectivity index (χ0n) is 16.5. The van der Waals surface area contributed by atoms with Crippen LogP contribution in [0.5, 0.6) is 0 Å². The highest BCUT2D eigenvalue weighted by Gasteiger charge is 2.06. The van der Waals surface area contributed by atoms with Gasteiger partial charge in [0.1, 0.15) is 5.52 Å². The zero-order chi connectivity index (χ0) is 19.9. The number of hydrogen-bond acceptors (Lipinski definition) is 4. The molecular weight excluding hydrogens is 350 g/mol. The van der Waals surface area contributed by atoms with Gasteiger partial charge in [-0.3, -0.25) is 4.79 Å². The van der Waals surface area contributed by atoms with Gasteiger partial charge >= 0.3 is 0 Å². The van der Waals surface area contributed by atoms with E-state index in [1.807, 2.05) is 37.3 Å². The lowest BCUT2D eigenvalue weighted by Crippen LogP contribution is -2.19. The van der Waals surface area contributed by atoms with Crippen LogP contribution in [0, 0.1) is 0 Å². The summed E-state index contributed by atoms with van der Waals surface area (Å²) in [6.45, 7) is 6.76. The van der Waals surface area contributed by atoms with E-state index in [1.54, 1.807) is 10.9 Å². The summed E-state index contributed by atoms with van der Waals surface area (Å²) in [7, 11) is 0. The van der Waals surface area contributed by atoms with Crippen LogP contribution in [-0.2, 0) is 11.3 Å². The van der Waals surface area contributed by atoms with Crippen LogP contribution >= 0.6 is 0 Å². The minimum atomic E-state index is -0.162. The van der Waals surface area contributed by atoms with Crippen molar-refractivity contribution in [3.8, 4) is 0 Å². The number of aryl methyl sites for hydroxylation is 1. The standard InChI is InChI=1S/C22H25N5O/c1-16(2)19-10-8-18(9-11-19)14-17(3)15-23-25-22(28)12-13-27-21-7-5-4-6-20(21)24-26-27/h4-11,14-16H,12-13H2,1-3H3,(H,25,28). The second-order valence-electron chi connectivity index (χ2n) is 7.05. The van der Waals surface area contributed by atoms with Crippen LogP contribution in [0.2, 0.25) is 0 Å². The minimum absolute atomic E-state index is 0.162. The van der Waals surface area contributed by atoms with Crippen molar-refractivity contribution in [1.82, 2.24) is 20.4 Å². The van der Waals surface area contributed by atoms with Gasteiger partial charge < -0.3 is 0 Å². The van der Waals surface area contributed by atoms with Crippen LogP contribution in [0.1, 0.15) is 44.2 Å². The van der Waals surface area contributed by atoms with E-state index in [0.29, 0.717) is 12.5 Å². The Kier molecular flexibility index (Phi) is 6.32. The van der Waals surface area contributed by atoms with Gasteiger partial charge in [0.25, 0.3) is 0 Å². The highest BCUT2D eigenvalue weighted by molar-refractivity contribution is 5.86. The number of carbonyl (C=O) groups excluding carboxylic acids is 1. The topological polar surface area (TPSA) is 72.2 Å². The predicted octanol–water partition coefficient (Wildman–Crippen LogP) is 4.15. The van der Waals surface area contributed by atoms with Crippen LogP contribution in [-0.4, -0.2) is 27.1 Å². The number of fused-ring (bicyclic) bond motifs is 1. The number of benzene rings is 2. The molecule has 6 nitrogen and oxygen atoms in total. The Morgan fingerprint density at radius 1 is 1.18 bits per heavy atom. The number of para-hydroxylation sites is 1. The van der Waals surface area contributed by atoms with Crippen LogP contribution in [0.15, 0.2) is 59.2 Å². The predicted molar refractivity (Wildman–Crippen MR) is 113 cm³/mol. The number of allylic oxidation sites excluding steroid dienone is 1. The number of carbonyl (C=O) groups is 1. The Morgan fingerprint density at radius 3 is 2.68 bits per heavy atom. The summed E-state index contributed by atoms with van der Waals surface area (Å²) in [5.41, 5.74) is 7.68. The average molecular weight is 375 g/mol. The molecule has 3 rings (SSSR count). The summed E-state index contributed by atoms with van der Waals surface area (Å²) in [6.07, 6.45) is 3.96. The highest BCUT2D eigenvalue weighted by atomic mass is 16.2. The molecule has 0 bridgehead atoms. The second kappa shape index (κ2) is 9.08. The number of amides is 1. The molecule has 1 aromatic heterocycles. The van der Waals surface area contributed by atoms with E-state index in [4.69, 9.17) is 0 Å². The van der Waals surface area contributed by atoms with Gasteiger partial charge in [-0.1, -0.05) is 61.5 Å². The smallest absolute Gasteiger partial charge is 0.241 e. The molecule has 0 radical (unpaired) electrons.